The second-order valence-corrected chi connectivity index (χ2v) is 9.00. The number of anilines is 1. The second kappa shape index (κ2) is 7.68. The topological polar surface area (TPSA) is 94.1 Å². The van der Waals surface area contributed by atoms with Gasteiger partial charge in [-0.05, 0) is 37.0 Å². The predicted octanol–water partition coefficient (Wildman–Crippen LogP) is 2.53. The van der Waals surface area contributed by atoms with Gasteiger partial charge in [-0.15, -0.1) is 11.3 Å². The molecule has 0 saturated carbocycles. The number of pyridine rings is 2. The number of piperidine rings is 1. The molecule has 3 aromatic heterocycles. The predicted molar refractivity (Wildman–Crippen MR) is 116 cm³/mol. The van der Waals surface area contributed by atoms with Gasteiger partial charge in [0.2, 0.25) is 5.91 Å². The van der Waals surface area contributed by atoms with E-state index in [2.05, 4.69) is 16.0 Å². The van der Waals surface area contributed by atoms with Crippen molar-refractivity contribution in [3.8, 4) is 11.3 Å². The summed E-state index contributed by atoms with van der Waals surface area (Å²) < 4.78 is 1.89. The molecule has 2 aliphatic heterocycles. The summed E-state index contributed by atoms with van der Waals surface area (Å²) >= 11 is 1.40. The summed E-state index contributed by atoms with van der Waals surface area (Å²) in [6.45, 7) is 2.03. The molecule has 5 rings (SSSR count). The SMILES string of the molecule is Nc1nc(CCC(=O)N2C[C@@H]3C[C@H](C2)c2cc(-c4ccccn4)cc(=O)n2C3)cs1. The van der Waals surface area contributed by atoms with E-state index in [1.54, 1.807) is 12.3 Å². The first-order valence-electron chi connectivity index (χ1n) is 10.2. The number of hydrogen-bond acceptors (Lipinski definition) is 6. The van der Waals surface area contributed by atoms with Crippen LogP contribution in [0.4, 0.5) is 5.13 Å². The van der Waals surface area contributed by atoms with Crippen LogP contribution in [0.15, 0.2) is 46.7 Å². The Bertz CT molecular complexity index is 1140. The standard InChI is InChI=1S/C22H23N5O2S/c23-22-25-17(13-30-22)4-5-20(28)26-10-14-7-16(12-26)19-8-15(9-21(29)27(19)11-14)18-3-1-2-6-24-18/h1-3,6,8-9,13-14,16H,4-5,7,10-12H2,(H2,23,25)/t14-,16+/m0/s1. The Hall–Kier alpha value is -3.00. The van der Waals surface area contributed by atoms with Crippen LogP contribution in [0.25, 0.3) is 11.3 Å². The quantitative estimate of drug-likeness (QED) is 0.699. The van der Waals surface area contributed by atoms with Crippen LogP contribution >= 0.6 is 11.3 Å². The fraction of sp³-hybridized carbons (Fsp3) is 0.364. The summed E-state index contributed by atoms with van der Waals surface area (Å²) in [7, 11) is 0. The van der Waals surface area contributed by atoms with Crippen LogP contribution in [-0.2, 0) is 17.8 Å². The number of thiazole rings is 1. The van der Waals surface area contributed by atoms with Gasteiger partial charge in [0.05, 0.1) is 11.4 Å². The van der Waals surface area contributed by atoms with E-state index in [0.29, 0.717) is 43.5 Å². The maximum Gasteiger partial charge on any atom is 0.251 e. The zero-order chi connectivity index (χ0) is 20.7. The number of carbonyl (C=O) groups excluding carboxylic acids is 1. The lowest BCUT2D eigenvalue weighted by atomic mass is 9.82. The van der Waals surface area contributed by atoms with Crippen molar-refractivity contribution >= 4 is 22.4 Å². The number of nitrogens with two attached hydrogens (primary N) is 1. The zero-order valence-electron chi connectivity index (χ0n) is 16.5. The van der Waals surface area contributed by atoms with Gasteiger partial charge in [0, 0.05) is 60.9 Å². The van der Waals surface area contributed by atoms with Gasteiger partial charge in [0.25, 0.3) is 5.56 Å². The number of aryl methyl sites for hydroxylation is 1. The lowest BCUT2D eigenvalue weighted by Gasteiger charge is -2.43. The maximum atomic E-state index is 12.9. The summed E-state index contributed by atoms with van der Waals surface area (Å²) in [4.78, 5) is 36.3. The van der Waals surface area contributed by atoms with E-state index >= 15 is 0 Å². The minimum atomic E-state index is 0.0174. The second-order valence-electron chi connectivity index (χ2n) is 8.11. The van der Waals surface area contributed by atoms with Gasteiger partial charge < -0.3 is 15.2 Å². The number of aromatic nitrogens is 3. The molecular weight excluding hydrogens is 398 g/mol. The molecule has 2 bridgehead atoms. The average molecular weight is 422 g/mol. The fourth-order valence-corrected chi connectivity index (χ4v) is 5.27. The van der Waals surface area contributed by atoms with Gasteiger partial charge in [-0.25, -0.2) is 4.98 Å². The number of amides is 1. The van der Waals surface area contributed by atoms with E-state index in [-0.39, 0.29) is 17.4 Å². The van der Waals surface area contributed by atoms with Crippen molar-refractivity contribution in [3.63, 3.8) is 0 Å². The molecule has 0 aliphatic carbocycles. The highest BCUT2D eigenvalue weighted by Crippen LogP contribution is 2.36. The third-order valence-corrected chi connectivity index (χ3v) is 6.76. The molecule has 2 atom stereocenters. The number of nitrogens with zero attached hydrogens (tertiary/aromatic N) is 4. The third-order valence-electron chi connectivity index (χ3n) is 6.03. The smallest absolute Gasteiger partial charge is 0.251 e. The van der Waals surface area contributed by atoms with E-state index in [9.17, 15) is 9.59 Å². The lowest BCUT2D eigenvalue weighted by molar-refractivity contribution is -0.133. The lowest BCUT2D eigenvalue weighted by Crippen LogP contribution is -2.49. The highest BCUT2D eigenvalue weighted by molar-refractivity contribution is 7.13. The molecule has 0 unspecified atom stereocenters. The third kappa shape index (κ3) is 3.63. The summed E-state index contributed by atoms with van der Waals surface area (Å²) in [5.41, 5.74) is 9.23. The van der Waals surface area contributed by atoms with Crippen LogP contribution in [0, 0.1) is 5.92 Å². The van der Waals surface area contributed by atoms with Gasteiger partial charge >= 0.3 is 0 Å². The number of rotatable bonds is 4. The summed E-state index contributed by atoms with van der Waals surface area (Å²) in [5.74, 6) is 0.634. The fourth-order valence-electron chi connectivity index (χ4n) is 4.67. The molecule has 1 amide bonds. The van der Waals surface area contributed by atoms with Gasteiger partial charge in [-0.3, -0.25) is 14.6 Å². The molecule has 5 heterocycles. The number of hydrogen-bond donors (Lipinski definition) is 1. The molecule has 0 spiro atoms. The first-order valence-corrected chi connectivity index (χ1v) is 11.1. The van der Waals surface area contributed by atoms with E-state index in [1.807, 2.05) is 33.0 Å². The van der Waals surface area contributed by atoms with E-state index in [4.69, 9.17) is 5.73 Å². The Labute approximate surface area is 178 Å². The van der Waals surface area contributed by atoms with Crippen molar-refractivity contribution in [1.82, 2.24) is 19.4 Å². The van der Waals surface area contributed by atoms with Crippen LogP contribution in [0.1, 0.15) is 30.1 Å². The maximum absolute atomic E-state index is 12.9. The zero-order valence-corrected chi connectivity index (χ0v) is 17.3. The van der Waals surface area contributed by atoms with Gasteiger partial charge in [-0.2, -0.15) is 0 Å². The Kier molecular flexibility index (Phi) is 4.86. The molecule has 1 saturated heterocycles. The van der Waals surface area contributed by atoms with Crippen molar-refractivity contribution in [3.05, 3.63) is 63.7 Å². The molecule has 8 heteroatoms. The molecule has 2 aliphatic rings. The minimum Gasteiger partial charge on any atom is -0.375 e. The first-order chi connectivity index (χ1) is 14.6. The van der Waals surface area contributed by atoms with Gasteiger partial charge in [-0.1, -0.05) is 6.07 Å². The van der Waals surface area contributed by atoms with E-state index < -0.39 is 0 Å². The number of nitrogen functional groups attached to an aromatic ring is 1. The summed E-state index contributed by atoms with van der Waals surface area (Å²) in [5, 5.41) is 2.45. The molecule has 7 nitrogen and oxygen atoms in total. The molecule has 3 aromatic rings. The highest BCUT2D eigenvalue weighted by Gasteiger charge is 2.36. The van der Waals surface area contributed by atoms with Gasteiger partial charge in [0.1, 0.15) is 0 Å². The Morgan fingerprint density at radius 1 is 1.23 bits per heavy atom. The molecule has 30 heavy (non-hydrogen) atoms. The van der Waals surface area contributed by atoms with E-state index in [0.717, 1.165) is 29.1 Å². The Balaban J connectivity index is 1.36. The van der Waals surface area contributed by atoms with Gasteiger partial charge in [0.15, 0.2) is 5.13 Å². The van der Waals surface area contributed by atoms with Crippen LogP contribution in [0.5, 0.6) is 0 Å². The number of carbonyl (C=O) groups is 1. The molecule has 2 N–H and O–H groups in total. The monoisotopic (exact) mass is 421 g/mol. The molecule has 0 radical (unpaired) electrons. The van der Waals surface area contributed by atoms with Crippen LogP contribution < -0.4 is 11.3 Å². The molecule has 154 valence electrons. The summed E-state index contributed by atoms with van der Waals surface area (Å²) in [6.07, 6.45) is 3.79. The van der Waals surface area contributed by atoms with E-state index in [1.165, 1.54) is 11.3 Å². The first kappa shape index (κ1) is 19.0. The largest absolute Gasteiger partial charge is 0.375 e. The number of likely N-dealkylation sites (tertiary alicyclic amines) is 1. The highest BCUT2D eigenvalue weighted by atomic mass is 32.1. The number of fused-ring (bicyclic) bond motifs is 4. The van der Waals surface area contributed by atoms with Crippen molar-refractivity contribution in [2.24, 2.45) is 5.92 Å². The normalized spacial score (nSPS) is 20.1. The van der Waals surface area contributed by atoms with Crippen molar-refractivity contribution in [2.45, 2.75) is 31.7 Å². The Morgan fingerprint density at radius 3 is 2.90 bits per heavy atom. The Morgan fingerprint density at radius 2 is 2.13 bits per heavy atom. The van der Waals surface area contributed by atoms with Crippen molar-refractivity contribution < 1.29 is 4.79 Å². The summed E-state index contributed by atoms with van der Waals surface area (Å²) in [6, 6.07) is 9.46. The average Bonchev–Trinajstić information content (AvgIpc) is 3.18. The minimum absolute atomic E-state index is 0.0174. The molecular formula is C22H23N5O2S. The van der Waals surface area contributed by atoms with Crippen LogP contribution in [0.2, 0.25) is 0 Å². The van der Waals surface area contributed by atoms with Crippen molar-refractivity contribution in [2.75, 3.05) is 18.8 Å². The van der Waals surface area contributed by atoms with Crippen molar-refractivity contribution in [1.29, 1.82) is 0 Å². The van der Waals surface area contributed by atoms with Crippen LogP contribution in [-0.4, -0.2) is 38.4 Å². The molecule has 1 fully saturated rings. The molecule has 0 aromatic carbocycles. The van der Waals surface area contributed by atoms with Crippen LogP contribution in [0.3, 0.4) is 0 Å².